The maximum Gasteiger partial charge on any atom is 0.251 e. The van der Waals surface area contributed by atoms with Gasteiger partial charge in [0.25, 0.3) is 5.91 Å². The fourth-order valence-electron chi connectivity index (χ4n) is 2.98. The SMILES string of the molecule is NC(=O)c1c(NC(=O)C=Cc2ccccc2)sc2c1CCCCC2. The van der Waals surface area contributed by atoms with Crippen molar-refractivity contribution in [3.05, 3.63) is 58.0 Å². The zero-order valence-corrected chi connectivity index (χ0v) is 14.2. The van der Waals surface area contributed by atoms with E-state index in [9.17, 15) is 9.59 Å². The summed E-state index contributed by atoms with van der Waals surface area (Å²) in [6.07, 6.45) is 8.39. The monoisotopic (exact) mass is 340 g/mol. The summed E-state index contributed by atoms with van der Waals surface area (Å²) >= 11 is 1.49. The summed E-state index contributed by atoms with van der Waals surface area (Å²) in [5.74, 6) is -0.713. The first-order valence-corrected chi connectivity index (χ1v) is 8.95. The molecule has 2 amide bonds. The van der Waals surface area contributed by atoms with E-state index in [2.05, 4.69) is 5.32 Å². The molecule has 1 aliphatic rings. The van der Waals surface area contributed by atoms with Gasteiger partial charge in [-0.2, -0.15) is 0 Å². The number of anilines is 1. The van der Waals surface area contributed by atoms with Crippen LogP contribution in [0.3, 0.4) is 0 Å². The van der Waals surface area contributed by atoms with Crippen molar-refractivity contribution in [2.45, 2.75) is 32.1 Å². The minimum absolute atomic E-state index is 0.252. The average molecular weight is 340 g/mol. The van der Waals surface area contributed by atoms with Gasteiger partial charge in [-0.1, -0.05) is 36.8 Å². The zero-order valence-electron chi connectivity index (χ0n) is 13.4. The molecule has 0 saturated carbocycles. The van der Waals surface area contributed by atoms with E-state index in [4.69, 9.17) is 5.73 Å². The normalized spacial score (nSPS) is 14.2. The third kappa shape index (κ3) is 3.74. The number of rotatable bonds is 4. The summed E-state index contributed by atoms with van der Waals surface area (Å²) in [6, 6.07) is 9.60. The highest BCUT2D eigenvalue weighted by molar-refractivity contribution is 7.17. The van der Waals surface area contributed by atoms with Crippen LogP contribution in [0.25, 0.3) is 6.08 Å². The number of nitrogens with one attached hydrogen (secondary N) is 1. The van der Waals surface area contributed by atoms with Crippen LogP contribution < -0.4 is 11.1 Å². The Hall–Kier alpha value is -2.40. The van der Waals surface area contributed by atoms with Crippen LogP contribution in [-0.4, -0.2) is 11.8 Å². The second kappa shape index (κ2) is 7.45. The second-order valence-electron chi connectivity index (χ2n) is 5.87. The Labute approximate surface area is 145 Å². The minimum Gasteiger partial charge on any atom is -0.365 e. The van der Waals surface area contributed by atoms with Gasteiger partial charge in [0, 0.05) is 11.0 Å². The predicted molar refractivity (Wildman–Crippen MR) is 98.2 cm³/mol. The number of hydrogen-bond acceptors (Lipinski definition) is 3. The van der Waals surface area contributed by atoms with Crippen molar-refractivity contribution in [2.75, 3.05) is 5.32 Å². The Balaban J connectivity index is 1.80. The van der Waals surface area contributed by atoms with Gasteiger partial charge < -0.3 is 11.1 Å². The predicted octanol–water partition coefficient (Wildman–Crippen LogP) is 3.77. The standard InChI is InChI=1S/C19H20N2O2S/c20-18(23)17-14-9-5-2-6-10-15(14)24-19(17)21-16(22)12-11-13-7-3-1-4-8-13/h1,3-4,7-8,11-12H,2,5-6,9-10H2,(H2,20,23)(H,21,22). The van der Waals surface area contributed by atoms with Gasteiger partial charge in [0.1, 0.15) is 5.00 Å². The number of amides is 2. The number of carbonyl (C=O) groups is 2. The molecule has 3 rings (SSSR count). The van der Waals surface area contributed by atoms with E-state index >= 15 is 0 Å². The molecular formula is C19H20N2O2S. The number of carbonyl (C=O) groups excluding carboxylic acids is 2. The van der Waals surface area contributed by atoms with Gasteiger partial charge in [-0.15, -0.1) is 11.3 Å². The molecule has 0 unspecified atom stereocenters. The van der Waals surface area contributed by atoms with Crippen molar-refractivity contribution in [1.29, 1.82) is 0 Å². The lowest BCUT2D eigenvalue weighted by atomic mass is 10.1. The number of thiophene rings is 1. The molecule has 3 N–H and O–H groups in total. The Bertz CT molecular complexity index is 778. The maximum atomic E-state index is 12.2. The molecule has 0 radical (unpaired) electrons. The molecule has 0 aliphatic heterocycles. The molecule has 0 atom stereocenters. The highest BCUT2D eigenvalue weighted by Gasteiger charge is 2.23. The van der Waals surface area contributed by atoms with Crippen LogP contribution in [0.2, 0.25) is 0 Å². The Morgan fingerprint density at radius 1 is 1.08 bits per heavy atom. The van der Waals surface area contributed by atoms with Gasteiger partial charge in [-0.25, -0.2) is 0 Å². The summed E-state index contributed by atoms with van der Waals surface area (Å²) in [7, 11) is 0. The average Bonchev–Trinajstić information content (AvgIpc) is 2.75. The molecular weight excluding hydrogens is 320 g/mol. The lowest BCUT2D eigenvalue weighted by Crippen LogP contribution is -2.16. The molecule has 1 heterocycles. The largest absolute Gasteiger partial charge is 0.365 e. The fourth-order valence-corrected chi connectivity index (χ4v) is 4.28. The summed E-state index contributed by atoms with van der Waals surface area (Å²) in [5.41, 5.74) is 8.06. The van der Waals surface area contributed by atoms with E-state index in [1.54, 1.807) is 6.08 Å². The van der Waals surface area contributed by atoms with E-state index in [1.165, 1.54) is 28.7 Å². The first-order chi connectivity index (χ1) is 11.6. The Kier molecular flexibility index (Phi) is 5.11. The number of primary amides is 1. The molecule has 0 spiro atoms. The van der Waals surface area contributed by atoms with Gasteiger partial charge in [-0.05, 0) is 42.9 Å². The van der Waals surface area contributed by atoms with Gasteiger partial charge >= 0.3 is 0 Å². The van der Waals surface area contributed by atoms with Crippen molar-refractivity contribution in [3.8, 4) is 0 Å². The first kappa shape index (κ1) is 16.5. The molecule has 1 aromatic carbocycles. The van der Waals surface area contributed by atoms with Crippen LogP contribution in [0.5, 0.6) is 0 Å². The van der Waals surface area contributed by atoms with Crippen LogP contribution in [-0.2, 0) is 17.6 Å². The number of nitrogens with two attached hydrogens (primary N) is 1. The summed E-state index contributed by atoms with van der Waals surface area (Å²) < 4.78 is 0. The molecule has 0 bridgehead atoms. The molecule has 2 aromatic rings. The Morgan fingerprint density at radius 3 is 2.58 bits per heavy atom. The highest BCUT2D eigenvalue weighted by atomic mass is 32.1. The van der Waals surface area contributed by atoms with Crippen LogP contribution in [0, 0.1) is 0 Å². The van der Waals surface area contributed by atoms with Crippen LogP contribution in [0.15, 0.2) is 36.4 Å². The highest BCUT2D eigenvalue weighted by Crippen LogP contribution is 2.37. The third-order valence-corrected chi connectivity index (χ3v) is 5.34. The smallest absolute Gasteiger partial charge is 0.251 e. The van der Waals surface area contributed by atoms with Gasteiger partial charge in [-0.3, -0.25) is 9.59 Å². The van der Waals surface area contributed by atoms with Gasteiger partial charge in [0.05, 0.1) is 5.56 Å². The van der Waals surface area contributed by atoms with Crippen LogP contribution in [0.4, 0.5) is 5.00 Å². The lowest BCUT2D eigenvalue weighted by Gasteiger charge is -2.04. The molecule has 0 fully saturated rings. The van der Waals surface area contributed by atoms with Crippen molar-refractivity contribution in [3.63, 3.8) is 0 Å². The second-order valence-corrected chi connectivity index (χ2v) is 6.97. The van der Waals surface area contributed by atoms with Crippen molar-refractivity contribution >= 4 is 34.2 Å². The lowest BCUT2D eigenvalue weighted by molar-refractivity contribution is -0.111. The Morgan fingerprint density at radius 2 is 1.83 bits per heavy atom. The summed E-state index contributed by atoms with van der Waals surface area (Å²) in [5, 5.41) is 3.41. The fraction of sp³-hybridized carbons (Fsp3) is 0.263. The van der Waals surface area contributed by atoms with Crippen molar-refractivity contribution < 1.29 is 9.59 Å². The number of benzene rings is 1. The molecule has 124 valence electrons. The first-order valence-electron chi connectivity index (χ1n) is 8.13. The molecule has 1 aromatic heterocycles. The summed E-state index contributed by atoms with van der Waals surface area (Å²) in [6.45, 7) is 0. The summed E-state index contributed by atoms with van der Waals surface area (Å²) in [4.78, 5) is 25.3. The van der Waals surface area contributed by atoms with Crippen molar-refractivity contribution in [1.82, 2.24) is 0 Å². The quantitative estimate of drug-likeness (QED) is 0.657. The number of aryl methyl sites for hydroxylation is 1. The van der Waals surface area contributed by atoms with E-state index in [0.717, 1.165) is 36.8 Å². The molecule has 24 heavy (non-hydrogen) atoms. The van der Waals surface area contributed by atoms with E-state index in [0.29, 0.717) is 10.6 Å². The molecule has 1 aliphatic carbocycles. The molecule has 5 heteroatoms. The number of fused-ring (bicyclic) bond motifs is 1. The van der Waals surface area contributed by atoms with E-state index in [1.807, 2.05) is 30.3 Å². The van der Waals surface area contributed by atoms with E-state index in [-0.39, 0.29) is 5.91 Å². The third-order valence-electron chi connectivity index (χ3n) is 4.13. The molecule has 4 nitrogen and oxygen atoms in total. The topological polar surface area (TPSA) is 72.2 Å². The van der Waals surface area contributed by atoms with Crippen LogP contribution >= 0.6 is 11.3 Å². The van der Waals surface area contributed by atoms with Gasteiger partial charge in [0.2, 0.25) is 5.91 Å². The maximum absolute atomic E-state index is 12.2. The molecule has 0 saturated heterocycles. The zero-order chi connectivity index (χ0) is 16.9. The van der Waals surface area contributed by atoms with Crippen molar-refractivity contribution in [2.24, 2.45) is 5.73 Å². The number of hydrogen-bond donors (Lipinski definition) is 2. The van der Waals surface area contributed by atoms with E-state index < -0.39 is 5.91 Å². The van der Waals surface area contributed by atoms with Crippen LogP contribution in [0.1, 0.15) is 45.6 Å². The van der Waals surface area contributed by atoms with Gasteiger partial charge in [0.15, 0.2) is 0 Å². The minimum atomic E-state index is -0.461.